The average molecular weight is 382 g/mol. The molecule has 3 aromatic rings. The van der Waals surface area contributed by atoms with Gasteiger partial charge in [0.2, 0.25) is 5.91 Å². The number of hydrogen-bond acceptors (Lipinski definition) is 3. The van der Waals surface area contributed by atoms with Gasteiger partial charge in [0.1, 0.15) is 11.6 Å². The molecule has 4 rings (SSSR count). The molecule has 0 radical (unpaired) electrons. The first kappa shape index (κ1) is 18.2. The molecule has 28 heavy (non-hydrogen) atoms. The number of halogens is 1. The van der Waals surface area contributed by atoms with Crippen LogP contribution in [0.2, 0.25) is 0 Å². The minimum atomic E-state index is -0.447. The van der Waals surface area contributed by atoms with Crippen LogP contribution >= 0.6 is 0 Å². The molecule has 0 unspecified atom stereocenters. The number of rotatable bonds is 6. The molecular formula is C21H21FN3O3+. The van der Waals surface area contributed by atoms with Crippen molar-refractivity contribution in [2.75, 3.05) is 18.6 Å². The van der Waals surface area contributed by atoms with E-state index in [1.54, 1.807) is 7.11 Å². The summed E-state index contributed by atoms with van der Waals surface area (Å²) in [7, 11) is 1.64. The standard InChI is InChI=1S/C21H20FN3O3/c1-28-16-6-7-18-17(10-16)13(12-24-18)8-9-23-19-11-20(26)25(21(19)27)15-4-2-14(22)3-5-15/h2-7,10,12,19,23-24H,8-9,11H2,1H3/p+1/t19-/m1/s1. The number of imide groups is 1. The lowest BCUT2D eigenvalue weighted by atomic mass is 10.1. The highest BCUT2D eigenvalue weighted by Gasteiger charge is 2.42. The summed E-state index contributed by atoms with van der Waals surface area (Å²) < 4.78 is 18.4. The van der Waals surface area contributed by atoms with Crippen molar-refractivity contribution in [2.45, 2.75) is 18.9 Å². The maximum absolute atomic E-state index is 13.1. The molecule has 6 nitrogen and oxygen atoms in total. The molecule has 0 aliphatic carbocycles. The molecule has 0 bridgehead atoms. The lowest BCUT2D eigenvalue weighted by molar-refractivity contribution is -0.674. The highest BCUT2D eigenvalue weighted by molar-refractivity contribution is 6.21. The zero-order valence-corrected chi connectivity index (χ0v) is 15.4. The number of methoxy groups -OCH3 is 1. The van der Waals surface area contributed by atoms with Gasteiger partial charge < -0.3 is 15.0 Å². The second-order valence-electron chi connectivity index (χ2n) is 6.85. The van der Waals surface area contributed by atoms with Gasteiger partial charge >= 0.3 is 0 Å². The van der Waals surface area contributed by atoms with Crippen LogP contribution in [0.25, 0.3) is 10.9 Å². The number of carbonyl (C=O) groups is 2. The van der Waals surface area contributed by atoms with Gasteiger partial charge in [0.25, 0.3) is 5.91 Å². The summed E-state index contributed by atoms with van der Waals surface area (Å²) >= 11 is 0. The van der Waals surface area contributed by atoms with E-state index in [0.717, 1.165) is 33.5 Å². The Bertz CT molecular complexity index is 1030. The second kappa shape index (κ2) is 7.44. The summed E-state index contributed by atoms with van der Waals surface area (Å²) in [6.07, 6.45) is 2.87. The first-order valence-electron chi connectivity index (χ1n) is 9.16. The number of amides is 2. The van der Waals surface area contributed by atoms with E-state index in [1.165, 1.54) is 24.3 Å². The van der Waals surface area contributed by atoms with Crippen molar-refractivity contribution < 1.29 is 24.0 Å². The average Bonchev–Trinajstić information content (AvgIpc) is 3.23. The number of anilines is 1. The molecule has 0 spiro atoms. The maximum atomic E-state index is 13.1. The van der Waals surface area contributed by atoms with E-state index in [4.69, 9.17) is 4.74 Å². The van der Waals surface area contributed by atoms with Gasteiger partial charge in [-0.2, -0.15) is 0 Å². The van der Waals surface area contributed by atoms with Crippen LogP contribution in [0.4, 0.5) is 10.1 Å². The van der Waals surface area contributed by atoms with E-state index in [2.05, 4.69) is 4.98 Å². The van der Waals surface area contributed by atoms with Crippen LogP contribution in [-0.4, -0.2) is 36.5 Å². The fourth-order valence-corrected chi connectivity index (χ4v) is 3.63. The van der Waals surface area contributed by atoms with Gasteiger partial charge in [0, 0.05) is 23.5 Å². The highest BCUT2D eigenvalue weighted by Crippen LogP contribution is 2.24. The summed E-state index contributed by atoms with van der Waals surface area (Å²) in [4.78, 5) is 29.3. The first-order valence-corrected chi connectivity index (χ1v) is 9.16. The molecule has 2 amide bonds. The lowest BCUT2D eigenvalue weighted by Gasteiger charge is -2.14. The number of nitrogens with one attached hydrogen (secondary N) is 1. The lowest BCUT2D eigenvalue weighted by Crippen LogP contribution is -2.92. The predicted octanol–water partition coefficient (Wildman–Crippen LogP) is 1.75. The molecule has 1 aliphatic heterocycles. The third-order valence-electron chi connectivity index (χ3n) is 5.11. The zero-order valence-electron chi connectivity index (χ0n) is 15.4. The van der Waals surface area contributed by atoms with Crippen LogP contribution in [0.5, 0.6) is 5.75 Å². The number of ether oxygens (including phenoxy) is 1. The number of carbonyl (C=O) groups excluding carboxylic acids is 2. The van der Waals surface area contributed by atoms with Gasteiger partial charge in [-0.15, -0.1) is 0 Å². The molecule has 7 heteroatoms. The van der Waals surface area contributed by atoms with Gasteiger partial charge in [-0.25, -0.2) is 9.29 Å². The third-order valence-corrected chi connectivity index (χ3v) is 5.11. The number of H-pyrrole nitrogens is 1. The van der Waals surface area contributed by atoms with E-state index >= 15 is 0 Å². The molecular weight excluding hydrogens is 361 g/mol. The summed E-state index contributed by atoms with van der Waals surface area (Å²) in [5, 5.41) is 3.00. The molecule has 1 saturated heterocycles. The predicted molar refractivity (Wildman–Crippen MR) is 103 cm³/mol. The SMILES string of the molecule is COc1ccc2[nH]cc(CC[NH2+][C@@H]3CC(=O)N(c4ccc(F)cc4)C3=O)c2c1. The van der Waals surface area contributed by atoms with Crippen LogP contribution in [-0.2, 0) is 16.0 Å². The Hall–Kier alpha value is -3.19. The Balaban J connectivity index is 1.41. The molecule has 2 heterocycles. The smallest absolute Gasteiger partial charge is 0.292 e. The number of fused-ring (bicyclic) bond motifs is 1. The number of nitrogens with zero attached hydrogens (tertiary/aromatic N) is 1. The summed E-state index contributed by atoms with van der Waals surface area (Å²) in [5.74, 6) is -0.114. The second-order valence-corrected chi connectivity index (χ2v) is 6.85. The molecule has 1 aromatic heterocycles. The fourth-order valence-electron chi connectivity index (χ4n) is 3.63. The molecule has 144 valence electrons. The van der Waals surface area contributed by atoms with Crippen molar-refractivity contribution in [3.63, 3.8) is 0 Å². The quantitative estimate of drug-likeness (QED) is 0.638. The van der Waals surface area contributed by atoms with Crippen molar-refractivity contribution >= 4 is 28.4 Å². The number of quaternary nitrogens is 1. The van der Waals surface area contributed by atoms with Gasteiger partial charge in [-0.1, -0.05) is 0 Å². The molecule has 1 aliphatic rings. The van der Waals surface area contributed by atoms with Crippen molar-refractivity contribution in [2.24, 2.45) is 0 Å². The Morgan fingerprint density at radius 1 is 1.21 bits per heavy atom. The number of aromatic nitrogens is 1. The fraction of sp³-hybridized carbons (Fsp3) is 0.238. The summed E-state index contributed by atoms with van der Waals surface area (Å²) in [6.45, 7) is 0.672. The Morgan fingerprint density at radius 3 is 2.75 bits per heavy atom. The molecule has 3 N–H and O–H groups in total. The van der Waals surface area contributed by atoms with Gasteiger partial charge in [-0.3, -0.25) is 9.59 Å². The zero-order chi connectivity index (χ0) is 19.7. The van der Waals surface area contributed by atoms with E-state index in [1.807, 2.05) is 29.7 Å². The minimum absolute atomic E-state index is 0.151. The van der Waals surface area contributed by atoms with Crippen molar-refractivity contribution in [1.29, 1.82) is 0 Å². The van der Waals surface area contributed by atoms with E-state index in [9.17, 15) is 14.0 Å². The van der Waals surface area contributed by atoms with Gasteiger partial charge in [0.05, 0.1) is 25.8 Å². The topological polar surface area (TPSA) is 79.0 Å². The summed E-state index contributed by atoms with van der Waals surface area (Å²) in [6, 6.07) is 10.8. The number of hydrogen-bond donors (Lipinski definition) is 2. The van der Waals surface area contributed by atoms with Crippen molar-refractivity contribution in [3.05, 3.63) is 60.0 Å². The molecule has 2 aromatic carbocycles. The Morgan fingerprint density at radius 2 is 2.00 bits per heavy atom. The number of aromatic amines is 1. The van der Waals surface area contributed by atoms with E-state index in [0.29, 0.717) is 12.2 Å². The van der Waals surface area contributed by atoms with E-state index < -0.39 is 11.9 Å². The monoisotopic (exact) mass is 382 g/mol. The normalized spacial score (nSPS) is 16.9. The highest BCUT2D eigenvalue weighted by atomic mass is 19.1. The summed E-state index contributed by atoms with van der Waals surface area (Å²) in [5.41, 5.74) is 2.58. The number of benzene rings is 2. The molecule has 0 saturated carbocycles. The van der Waals surface area contributed by atoms with Crippen LogP contribution in [0.15, 0.2) is 48.7 Å². The largest absolute Gasteiger partial charge is 0.497 e. The van der Waals surface area contributed by atoms with Crippen molar-refractivity contribution in [3.8, 4) is 5.75 Å². The van der Waals surface area contributed by atoms with E-state index in [-0.39, 0.29) is 18.2 Å². The van der Waals surface area contributed by atoms with Gasteiger partial charge in [-0.05, 0) is 48.0 Å². The molecule has 1 atom stereocenters. The molecule has 1 fully saturated rings. The van der Waals surface area contributed by atoms with Crippen LogP contribution in [0.1, 0.15) is 12.0 Å². The Labute approximate surface area is 161 Å². The van der Waals surface area contributed by atoms with Crippen LogP contribution in [0.3, 0.4) is 0 Å². The first-order chi connectivity index (χ1) is 13.6. The number of nitrogens with two attached hydrogens (primary N) is 1. The van der Waals surface area contributed by atoms with Gasteiger partial charge in [0.15, 0.2) is 6.04 Å². The van der Waals surface area contributed by atoms with Crippen molar-refractivity contribution in [1.82, 2.24) is 4.98 Å². The van der Waals surface area contributed by atoms with Crippen LogP contribution in [0, 0.1) is 5.82 Å². The maximum Gasteiger partial charge on any atom is 0.292 e. The Kier molecular flexibility index (Phi) is 4.83. The third kappa shape index (κ3) is 3.36. The minimum Gasteiger partial charge on any atom is -0.497 e. The van der Waals surface area contributed by atoms with Crippen LogP contribution < -0.4 is 15.0 Å².